The third-order valence-electron chi connectivity index (χ3n) is 2.63. The van der Waals surface area contributed by atoms with E-state index in [1.807, 2.05) is 6.92 Å². The number of esters is 3. The zero-order chi connectivity index (χ0) is 14.4. The molecule has 1 heterocycles. The summed E-state index contributed by atoms with van der Waals surface area (Å²) in [7, 11) is 0. The molecule has 0 bridgehead atoms. The molecule has 0 aromatic rings. The second kappa shape index (κ2) is 6.92. The van der Waals surface area contributed by atoms with Crippen molar-refractivity contribution in [3.63, 3.8) is 0 Å². The van der Waals surface area contributed by atoms with Gasteiger partial charge in [-0.3, -0.25) is 4.79 Å². The number of unbranched alkanes of at least 4 members (excludes halogenated alkanes) is 1. The van der Waals surface area contributed by atoms with Gasteiger partial charge in [-0.1, -0.05) is 19.9 Å². The number of ether oxygens (including phenoxy) is 3. The summed E-state index contributed by atoms with van der Waals surface area (Å²) in [6.45, 7) is 6.98. The van der Waals surface area contributed by atoms with Gasteiger partial charge in [0.05, 0.1) is 6.61 Å². The molecule has 106 valence electrons. The Hall–Kier alpha value is -1.85. The van der Waals surface area contributed by atoms with E-state index >= 15 is 0 Å². The van der Waals surface area contributed by atoms with Crippen LogP contribution in [-0.4, -0.2) is 37.2 Å². The summed E-state index contributed by atoms with van der Waals surface area (Å²) in [6, 6.07) is 0. The Morgan fingerprint density at radius 2 is 2.16 bits per heavy atom. The fourth-order valence-electron chi connectivity index (χ4n) is 1.47. The van der Waals surface area contributed by atoms with Crippen LogP contribution in [-0.2, 0) is 28.6 Å². The average molecular weight is 270 g/mol. The van der Waals surface area contributed by atoms with Crippen molar-refractivity contribution in [2.45, 2.75) is 32.8 Å². The minimum atomic E-state index is -1.24. The van der Waals surface area contributed by atoms with Gasteiger partial charge >= 0.3 is 17.9 Å². The molecule has 2 atom stereocenters. The predicted molar refractivity (Wildman–Crippen MR) is 65.0 cm³/mol. The zero-order valence-electron chi connectivity index (χ0n) is 11.1. The maximum atomic E-state index is 11.8. The molecule has 0 spiro atoms. The van der Waals surface area contributed by atoms with Crippen molar-refractivity contribution in [1.29, 1.82) is 0 Å². The van der Waals surface area contributed by atoms with Gasteiger partial charge in [0, 0.05) is 5.57 Å². The van der Waals surface area contributed by atoms with E-state index in [1.165, 1.54) is 6.92 Å². The van der Waals surface area contributed by atoms with Crippen LogP contribution in [0.2, 0.25) is 0 Å². The smallest absolute Gasteiger partial charge is 0.348 e. The molecule has 19 heavy (non-hydrogen) atoms. The molecule has 1 fully saturated rings. The van der Waals surface area contributed by atoms with Crippen LogP contribution in [0.1, 0.15) is 26.7 Å². The summed E-state index contributed by atoms with van der Waals surface area (Å²) in [5.41, 5.74) is 0.151. The summed E-state index contributed by atoms with van der Waals surface area (Å²) >= 11 is 0. The molecule has 0 amide bonds. The quantitative estimate of drug-likeness (QED) is 0.310. The molecule has 0 aromatic carbocycles. The third kappa shape index (κ3) is 4.08. The molecule has 0 aliphatic carbocycles. The van der Waals surface area contributed by atoms with Gasteiger partial charge in [-0.15, -0.1) is 0 Å². The number of hydrogen-bond donors (Lipinski definition) is 0. The Morgan fingerprint density at radius 3 is 2.74 bits per heavy atom. The minimum Gasteiger partial charge on any atom is -0.465 e. The Morgan fingerprint density at radius 1 is 1.47 bits per heavy atom. The second-order valence-electron chi connectivity index (χ2n) is 4.36. The van der Waals surface area contributed by atoms with Crippen LogP contribution in [0.25, 0.3) is 0 Å². The lowest BCUT2D eigenvalue weighted by Gasteiger charge is -2.15. The van der Waals surface area contributed by atoms with E-state index in [2.05, 4.69) is 6.58 Å². The molecule has 0 saturated carbocycles. The second-order valence-corrected chi connectivity index (χ2v) is 4.36. The number of carbonyl (C=O) groups excluding carboxylic acids is 3. The first kappa shape index (κ1) is 15.2. The highest BCUT2D eigenvalue weighted by molar-refractivity contribution is 5.92. The number of cyclic esters (lactones) is 1. The molecule has 1 saturated heterocycles. The molecule has 0 radical (unpaired) electrons. The lowest BCUT2D eigenvalue weighted by atomic mass is 10.1. The molecule has 2 unspecified atom stereocenters. The van der Waals surface area contributed by atoms with Crippen molar-refractivity contribution in [2.24, 2.45) is 5.92 Å². The van der Waals surface area contributed by atoms with E-state index in [-0.39, 0.29) is 18.8 Å². The van der Waals surface area contributed by atoms with Crippen LogP contribution >= 0.6 is 0 Å². The molecular weight excluding hydrogens is 252 g/mol. The third-order valence-corrected chi connectivity index (χ3v) is 2.63. The van der Waals surface area contributed by atoms with E-state index in [1.54, 1.807) is 0 Å². The SMILES string of the molecule is C=C(C)C(=O)OC1C(=O)OCC1C(=O)OCCCC. The van der Waals surface area contributed by atoms with Crippen molar-refractivity contribution < 1.29 is 28.6 Å². The van der Waals surface area contributed by atoms with E-state index in [9.17, 15) is 14.4 Å². The first-order valence-electron chi connectivity index (χ1n) is 6.17. The van der Waals surface area contributed by atoms with Crippen LogP contribution in [0.15, 0.2) is 12.2 Å². The van der Waals surface area contributed by atoms with E-state index < -0.39 is 29.9 Å². The molecule has 1 aliphatic rings. The summed E-state index contributed by atoms with van der Waals surface area (Å²) in [5.74, 6) is -2.94. The van der Waals surface area contributed by atoms with Gasteiger partial charge in [0.1, 0.15) is 12.5 Å². The lowest BCUT2D eigenvalue weighted by molar-refractivity contribution is -0.163. The Balaban J connectivity index is 2.60. The van der Waals surface area contributed by atoms with Gasteiger partial charge in [-0.2, -0.15) is 0 Å². The van der Waals surface area contributed by atoms with Crippen molar-refractivity contribution >= 4 is 17.9 Å². The van der Waals surface area contributed by atoms with E-state index in [0.29, 0.717) is 0 Å². The summed E-state index contributed by atoms with van der Waals surface area (Å²) in [4.78, 5) is 34.6. The molecule has 0 aromatic heterocycles. The average Bonchev–Trinajstić information content (AvgIpc) is 2.71. The van der Waals surface area contributed by atoms with Crippen molar-refractivity contribution in [2.75, 3.05) is 13.2 Å². The van der Waals surface area contributed by atoms with E-state index in [0.717, 1.165) is 12.8 Å². The standard InChI is InChI=1S/C13H18O6/c1-4-5-6-17-12(15)9-7-18-13(16)10(9)19-11(14)8(2)3/h9-10H,2,4-7H2,1,3H3. The lowest BCUT2D eigenvalue weighted by Crippen LogP contribution is -2.35. The topological polar surface area (TPSA) is 78.9 Å². The predicted octanol–water partition coefficient (Wildman–Crippen LogP) is 0.991. The van der Waals surface area contributed by atoms with Crippen LogP contribution in [0.4, 0.5) is 0 Å². The van der Waals surface area contributed by atoms with Gasteiger partial charge in [0.2, 0.25) is 6.10 Å². The first-order valence-corrected chi connectivity index (χ1v) is 6.17. The highest BCUT2D eigenvalue weighted by Gasteiger charge is 2.45. The Kier molecular flexibility index (Phi) is 5.54. The fraction of sp³-hybridized carbons (Fsp3) is 0.615. The molecule has 1 rings (SSSR count). The molecule has 6 heteroatoms. The van der Waals surface area contributed by atoms with Crippen LogP contribution < -0.4 is 0 Å². The van der Waals surface area contributed by atoms with Crippen LogP contribution in [0.3, 0.4) is 0 Å². The van der Waals surface area contributed by atoms with Crippen LogP contribution in [0.5, 0.6) is 0 Å². The minimum absolute atomic E-state index is 0.127. The maximum Gasteiger partial charge on any atom is 0.348 e. The fourth-order valence-corrected chi connectivity index (χ4v) is 1.47. The first-order chi connectivity index (χ1) is 8.97. The normalized spacial score (nSPS) is 21.7. The highest BCUT2D eigenvalue weighted by Crippen LogP contribution is 2.21. The van der Waals surface area contributed by atoms with Gasteiger partial charge in [-0.05, 0) is 13.3 Å². The highest BCUT2D eigenvalue weighted by atomic mass is 16.6. The largest absolute Gasteiger partial charge is 0.465 e. The van der Waals surface area contributed by atoms with Gasteiger partial charge < -0.3 is 14.2 Å². The Labute approximate surface area is 111 Å². The number of hydrogen-bond acceptors (Lipinski definition) is 6. The van der Waals surface area contributed by atoms with Gasteiger partial charge in [-0.25, -0.2) is 9.59 Å². The Bertz CT molecular complexity index is 387. The van der Waals surface area contributed by atoms with Gasteiger partial charge in [0.15, 0.2) is 0 Å². The van der Waals surface area contributed by atoms with E-state index in [4.69, 9.17) is 14.2 Å². The summed E-state index contributed by atoms with van der Waals surface area (Å²) in [6.07, 6.45) is 0.392. The van der Waals surface area contributed by atoms with Crippen molar-refractivity contribution in [3.8, 4) is 0 Å². The molecular formula is C13H18O6. The van der Waals surface area contributed by atoms with Crippen molar-refractivity contribution in [1.82, 2.24) is 0 Å². The molecule has 6 nitrogen and oxygen atoms in total. The molecule has 1 aliphatic heterocycles. The molecule has 0 N–H and O–H groups in total. The number of rotatable bonds is 6. The van der Waals surface area contributed by atoms with Crippen molar-refractivity contribution in [3.05, 3.63) is 12.2 Å². The summed E-state index contributed by atoms with van der Waals surface area (Å²) < 4.78 is 14.7. The number of carbonyl (C=O) groups is 3. The summed E-state index contributed by atoms with van der Waals surface area (Å²) in [5, 5.41) is 0. The van der Waals surface area contributed by atoms with Gasteiger partial charge in [0.25, 0.3) is 0 Å². The maximum absolute atomic E-state index is 11.8. The van der Waals surface area contributed by atoms with Crippen LogP contribution in [0, 0.1) is 5.92 Å². The zero-order valence-corrected chi connectivity index (χ0v) is 11.1. The monoisotopic (exact) mass is 270 g/mol.